The van der Waals surface area contributed by atoms with Gasteiger partial charge in [0.15, 0.2) is 5.16 Å². The van der Waals surface area contributed by atoms with Gasteiger partial charge in [0.1, 0.15) is 11.6 Å². The minimum absolute atomic E-state index is 0.0703. The van der Waals surface area contributed by atoms with Crippen LogP contribution in [0, 0.1) is 23.2 Å². The van der Waals surface area contributed by atoms with E-state index in [-0.39, 0.29) is 11.7 Å². The molecule has 4 aliphatic rings. The number of carbonyl (C=O) groups excluding carboxylic acids is 1. The molecule has 1 heterocycles. The summed E-state index contributed by atoms with van der Waals surface area (Å²) in [5, 5.41) is 12.8. The molecule has 6 nitrogen and oxygen atoms in total. The van der Waals surface area contributed by atoms with E-state index in [1.54, 1.807) is 7.11 Å². The summed E-state index contributed by atoms with van der Waals surface area (Å²) in [5.74, 6) is 4.75. The summed E-state index contributed by atoms with van der Waals surface area (Å²) in [6.07, 6.45) is 11.3. The Kier molecular flexibility index (Phi) is 6.01. The molecule has 0 atom stereocenters. The van der Waals surface area contributed by atoms with Crippen LogP contribution in [0.15, 0.2) is 42.1 Å². The maximum absolute atomic E-state index is 12.5. The van der Waals surface area contributed by atoms with Crippen molar-refractivity contribution in [3.63, 3.8) is 0 Å². The SMILES string of the molecule is C=CCn1c(CC23CC4CC(CC(C4)C2)C3)nnc1SCC(=O)Nc1cccc(OC)c1. The first kappa shape index (κ1) is 21.6. The summed E-state index contributed by atoms with van der Waals surface area (Å²) in [6, 6.07) is 7.38. The van der Waals surface area contributed by atoms with E-state index in [0.717, 1.165) is 46.6 Å². The third-order valence-electron chi connectivity index (χ3n) is 7.49. The molecular weight excluding hydrogens is 420 g/mol. The van der Waals surface area contributed by atoms with Crippen LogP contribution in [0.25, 0.3) is 0 Å². The number of hydrogen-bond donors (Lipinski definition) is 1. The normalized spacial score (nSPS) is 28.0. The molecule has 0 spiro atoms. The molecule has 32 heavy (non-hydrogen) atoms. The fourth-order valence-corrected chi connectivity index (χ4v) is 7.51. The summed E-state index contributed by atoms with van der Waals surface area (Å²) in [4.78, 5) is 12.5. The molecule has 1 amide bonds. The second kappa shape index (κ2) is 8.93. The first-order valence-corrected chi connectivity index (χ1v) is 12.6. The molecule has 0 unspecified atom stereocenters. The van der Waals surface area contributed by atoms with Crippen molar-refractivity contribution in [1.82, 2.24) is 14.8 Å². The van der Waals surface area contributed by atoms with E-state index in [0.29, 0.717) is 12.0 Å². The monoisotopic (exact) mass is 452 g/mol. The number of benzene rings is 1. The van der Waals surface area contributed by atoms with Gasteiger partial charge in [0, 0.05) is 24.7 Å². The molecule has 1 aromatic carbocycles. The van der Waals surface area contributed by atoms with Crippen molar-refractivity contribution in [3.8, 4) is 5.75 Å². The average molecular weight is 453 g/mol. The first-order chi connectivity index (χ1) is 15.6. The number of amides is 1. The lowest BCUT2D eigenvalue weighted by molar-refractivity contribution is -0.113. The number of ether oxygens (including phenoxy) is 1. The van der Waals surface area contributed by atoms with Gasteiger partial charge in [-0.1, -0.05) is 23.9 Å². The number of thioether (sulfide) groups is 1. The number of methoxy groups -OCH3 is 1. The Morgan fingerprint density at radius 2 is 1.97 bits per heavy atom. The highest BCUT2D eigenvalue weighted by Crippen LogP contribution is 2.61. The molecule has 6 rings (SSSR count). The van der Waals surface area contributed by atoms with Crippen molar-refractivity contribution in [2.75, 3.05) is 18.2 Å². The lowest BCUT2D eigenvalue weighted by Gasteiger charge is -2.56. The summed E-state index contributed by atoms with van der Waals surface area (Å²) in [7, 11) is 1.62. The Morgan fingerprint density at radius 3 is 2.62 bits per heavy atom. The van der Waals surface area contributed by atoms with Gasteiger partial charge < -0.3 is 14.6 Å². The fraction of sp³-hybridized carbons (Fsp3) is 0.560. The highest BCUT2D eigenvalue weighted by molar-refractivity contribution is 7.99. The lowest BCUT2D eigenvalue weighted by Crippen LogP contribution is -2.47. The van der Waals surface area contributed by atoms with Crippen LogP contribution >= 0.6 is 11.8 Å². The van der Waals surface area contributed by atoms with E-state index in [9.17, 15) is 4.79 Å². The molecule has 0 aliphatic heterocycles. The van der Waals surface area contributed by atoms with Crippen molar-refractivity contribution in [2.45, 2.75) is 56.6 Å². The highest BCUT2D eigenvalue weighted by Gasteiger charge is 2.51. The van der Waals surface area contributed by atoms with E-state index in [4.69, 9.17) is 4.74 Å². The molecule has 4 aliphatic carbocycles. The van der Waals surface area contributed by atoms with Gasteiger partial charge in [0.2, 0.25) is 5.91 Å². The number of nitrogens with one attached hydrogen (secondary N) is 1. The summed E-state index contributed by atoms with van der Waals surface area (Å²) < 4.78 is 7.39. The van der Waals surface area contributed by atoms with Crippen molar-refractivity contribution < 1.29 is 9.53 Å². The number of carbonyl (C=O) groups is 1. The molecule has 1 aromatic heterocycles. The number of rotatable bonds is 9. The molecule has 4 fully saturated rings. The summed E-state index contributed by atoms with van der Waals surface area (Å²) in [5.41, 5.74) is 1.14. The molecule has 170 valence electrons. The summed E-state index contributed by atoms with van der Waals surface area (Å²) >= 11 is 1.44. The highest BCUT2D eigenvalue weighted by atomic mass is 32.2. The van der Waals surface area contributed by atoms with Crippen molar-refractivity contribution in [2.24, 2.45) is 23.2 Å². The third kappa shape index (κ3) is 4.45. The van der Waals surface area contributed by atoms with E-state index in [1.807, 2.05) is 30.3 Å². The third-order valence-corrected chi connectivity index (χ3v) is 8.46. The van der Waals surface area contributed by atoms with Crippen molar-refractivity contribution in [3.05, 3.63) is 42.7 Å². The first-order valence-electron chi connectivity index (χ1n) is 11.7. The predicted molar refractivity (Wildman–Crippen MR) is 127 cm³/mol. The zero-order valence-electron chi connectivity index (χ0n) is 18.8. The standard InChI is InChI=1S/C25H32N4O2S/c1-3-7-29-22(15-25-12-17-8-18(13-25)10-19(9-17)14-25)27-28-24(29)32-16-23(30)26-20-5-4-6-21(11-20)31-2/h3-6,11,17-19H,1,7-10,12-16H2,2H3,(H,26,30). The number of allylic oxidation sites excluding steroid dienone is 1. The van der Waals surface area contributed by atoms with Crippen LogP contribution < -0.4 is 10.1 Å². The topological polar surface area (TPSA) is 69.0 Å². The number of hydrogen-bond acceptors (Lipinski definition) is 5. The maximum Gasteiger partial charge on any atom is 0.234 e. The molecular formula is C25H32N4O2S. The van der Waals surface area contributed by atoms with Crippen LogP contribution in [0.4, 0.5) is 5.69 Å². The van der Waals surface area contributed by atoms with Gasteiger partial charge in [-0.15, -0.1) is 16.8 Å². The van der Waals surface area contributed by atoms with Gasteiger partial charge in [0.05, 0.1) is 12.9 Å². The molecule has 4 bridgehead atoms. The molecule has 0 radical (unpaired) electrons. The Bertz CT molecular complexity index is 966. The van der Waals surface area contributed by atoms with Crippen LogP contribution in [-0.2, 0) is 17.8 Å². The van der Waals surface area contributed by atoms with E-state index in [1.165, 1.54) is 50.3 Å². The minimum atomic E-state index is -0.0703. The maximum atomic E-state index is 12.5. The van der Waals surface area contributed by atoms with Crippen molar-refractivity contribution >= 4 is 23.4 Å². The number of aromatic nitrogens is 3. The van der Waals surface area contributed by atoms with E-state index < -0.39 is 0 Å². The number of nitrogens with zero attached hydrogens (tertiary/aromatic N) is 3. The quantitative estimate of drug-likeness (QED) is 0.430. The van der Waals surface area contributed by atoms with Crippen molar-refractivity contribution in [1.29, 1.82) is 0 Å². The van der Waals surface area contributed by atoms with Gasteiger partial charge >= 0.3 is 0 Å². The van der Waals surface area contributed by atoms with Gasteiger partial charge in [0.25, 0.3) is 0 Å². The van der Waals surface area contributed by atoms with Crippen LogP contribution in [0.5, 0.6) is 5.75 Å². The molecule has 7 heteroatoms. The zero-order valence-corrected chi connectivity index (χ0v) is 19.6. The van der Waals surface area contributed by atoms with Gasteiger partial charge in [-0.2, -0.15) is 0 Å². The second-order valence-electron chi connectivity index (χ2n) is 9.96. The molecule has 4 saturated carbocycles. The van der Waals surface area contributed by atoms with Gasteiger partial charge in [-0.3, -0.25) is 4.79 Å². The zero-order chi connectivity index (χ0) is 22.1. The molecule has 0 saturated heterocycles. The van der Waals surface area contributed by atoms with Crippen LogP contribution in [0.3, 0.4) is 0 Å². The van der Waals surface area contributed by atoms with Crippen LogP contribution in [-0.4, -0.2) is 33.5 Å². The largest absolute Gasteiger partial charge is 0.497 e. The van der Waals surface area contributed by atoms with E-state index in [2.05, 4.69) is 26.7 Å². The fourth-order valence-electron chi connectivity index (χ4n) is 6.74. The van der Waals surface area contributed by atoms with Gasteiger partial charge in [-0.05, 0) is 73.8 Å². The number of anilines is 1. The lowest BCUT2D eigenvalue weighted by atomic mass is 9.49. The molecule has 1 N–H and O–H groups in total. The van der Waals surface area contributed by atoms with E-state index >= 15 is 0 Å². The van der Waals surface area contributed by atoms with Crippen LogP contribution in [0.1, 0.15) is 44.3 Å². The minimum Gasteiger partial charge on any atom is -0.497 e. The average Bonchev–Trinajstić information content (AvgIpc) is 3.12. The Balaban J connectivity index is 1.25. The van der Waals surface area contributed by atoms with Gasteiger partial charge in [-0.25, -0.2) is 0 Å². The Labute approximate surface area is 194 Å². The molecule has 2 aromatic rings. The smallest absolute Gasteiger partial charge is 0.234 e. The Hall–Kier alpha value is -2.28. The van der Waals surface area contributed by atoms with Crippen LogP contribution in [0.2, 0.25) is 0 Å². The second-order valence-corrected chi connectivity index (χ2v) is 10.9. The summed E-state index contributed by atoms with van der Waals surface area (Å²) in [6.45, 7) is 4.61. The predicted octanol–water partition coefficient (Wildman–Crippen LogP) is 4.96. The Morgan fingerprint density at radius 1 is 1.25 bits per heavy atom.